The summed E-state index contributed by atoms with van der Waals surface area (Å²) < 4.78 is 0.980. The van der Waals surface area contributed by atoms with E-state index in [-0.39, 0.29) is 11.8 Å². The van der Waals surface area contributed by atoms with Gasteiger partial charge in [-0.25, -0.2) is 0 Å². The number of nitrogens with one attached hydrogen (secondary N) is 2. The van der Waals surface area contributed by atoms with Crippen LogP contribution in [-0.2, 0) is 16.1 Å². The Balaban J connectivity index is 1.75. The molecule has 0 unspecified atom stereocenters. The molecule has 2 amide bonds. The van der Waals surface area contributed by atoms with Crippen molar-refractivity contribution in [2.24, 2.45) is 5.73 Å². The van der Waals surface area contributed by atoms with Gasteiger partial charge in [0.05, 0.1) is 5.92 Å². The zero-order valence-corrected chi connectivity index (χ0v) is 19.4. The molecule has 3 aromatic rings. The van der Waals surface area contributed by atoms with Crippen LogP contribution in [0.25, 0.3) is 0 Å². The molecule has 0 fully saturated rings. The topological polar surface area (TPSA) is 84.2 Å². The summed E-state index contributed by atoms with van der Waals surface area (Å²) in [5.74, 6) is -0.921. The van der Waals surface area contributed by atoms with Gasteiger partial charge >= 0.3 is 0 Å². The van der Waals surface area contributed by atoms with Crippen LogP contribution in [0.5, 0.6) is 0 Å². The molecule has 0 radical (unpaired) electrons. The Morgan fingerprint density at radius 1 is 0.812 bits per heavy atom. The Morgan fingerprint density at radius 2 is 1.38 bits per heavy atom. The summed E-state index contributed by atoms with van der Waals surface area (Å²) in [7, 11) is 0. The normalized spacial score (nSPS) is 11.7. The van der Waals surface area contributed by atoms with Crippen molar-refractivity contribution in [3.8, 4) is 0 Å². The SMILES string of the molecule is NCCC[C@H](NC(=O)C(c1ccccc1)c1ccccc1)C(=O)NCc1ccc(Br)cc1. The van der Waals surface area contributed by atoms with E-state index >= 15 is 0 Å². The van der Waals surface area contributed by atoms with Crippen LogP contribution in [-0.4, -0.2) is 24.4 Å². The van der Waals surface area contributed by atoms with E-state index in [0.717, 1.165) is 21.2 Å². The Kier molecular flexibility index (Phi) is 9.01. The quantitative estimate of drug-likeness (QED) is 0.397. The monoisotopic (exact) mass is 493 g/mol. The summed E-state index contributed by atoms with van der Waals surface area (Å²) in [6, 6.07) is 26.3. The predicted octanol–water partition coefficient (Wildman–Crippen LogP) is 4.12. The van der Waals surface area contributed by atoms with Gasteiger partial charge in [0.2, 0.25) is 11.8 Å². The summed E-state index contributed by atoms with van der Waals surface area (Å²) in [4.78, 5) is 26.4. The molecule has 0 aliphatic rings. The summed E-state index contributed by atoms with van der Waals surface area (Å²) in [5, 5.41) is 5.92. The minimum Gasteiger partial charge on any atom is -0.350 e. The number of benzene rings is 3. The highest BCUT2D eigenvalue weighted by Crippen LogP contribution is 2.25. The number of carbonyl (C=O) groups excluding carboxylic acids is 2. The Bertz CT molecular complexity index is 955. The molecule has 166 valence electrons. The molecule has 4 N–H and O–H groups in total. The average Bonchev–Trinajstić information content (AvgIpc) is 2.82. The number of rotatable bonds is 10. The van der Waals surface area contributed by atoms with Crippen molar-refractivity contribution in [1.29, 1.82) is 0 Å². The molecule has 1 atom stereocenters. The zero-order valence-electron chi connectivity index (χ0n) is 17.8. The fourth-order valence-electron chi connectivity index (χ4n) is 3.55. The third kappa shape index (κ3) is 6.77. The Labute approximate surface area is 197 Å². The van der Waals surface area contributed by atoms with Gasteiger partial charge in [-0.3, -0.25) is 9.59 Å². The van der Waals surface area contributed by atoms with E-state index in [0.29, 0.717) is 25.9 Å². The second kappa shape index (κ2) is 12.2. The standard InChI is InChI=1S/C26H28BrN3O2/c27-22-15-13-19(14-16-22)18-29-25(31)23(12-7-17-28)30-26(32)24(20-8-3-1-4-9-20)21-10-5-2-6-11-21/h1-6,8-11,13-16,23-24H,7,12,17-18,28H2,(H,29,31)(H,30,32)/t23-/m0/s1. The Hall–Kier alpha value is -2.96. The van der Waals surface area contributed by atoms with Gasteiger partial charge in [-0.1, -0.05) is 88.7 Å². The molecule has 32 heavy (non-hydrogen) atoms. The smallest absolute Gasteiger partial charge is 0.242 e. The molecule has 0 spiro atoms. The van der Waals surface area contributed by atoms with Crippen LogP contribution >= 0.6 is 15.9 Å². The number of carbonyl (C=O) groups is 2. The summed E-state index contributed by atoms with van der Waals surface area (Å²) in [6.07, 6.45) is 1.11. The van der Waals surface area contributed by atoms with Crippen molar-refractivity contribution in [2.75, 3.05) is 6.54 Å². The number of amides is 2. The summed E-state index contributed by atoms with van der Waals surface area (Å²) in [5.41, 5.74) is 8.42. The molecule has 6 heteroatoms. The van der Waals surface area contributed by atoms with E-state index < -0.39 is 12.0 Å². The van der Waals surface area contributed by atoms with Crippen LogP contribution in [0.4, 0.5) is 0 Å². The van der Waals surface area contributed by atoms with Crippen LogP contribution in [0.2, 0.25) is 0 Å². The van der Waals surface area contributed by atoms with E-state index in [4.69, 9.17) is 5.73 Å². The largest absolute Gasteiger partial charge is 0.350 e. The minimum atomic E-state index is -0.656. The van der Waals surface area contributed by atoms with Gasteiger partial charge in [-0.2, -0.15) is 0 Å². The minimum absolute atomic E-state index is 0.205. The predicted molar refractivity (Wildman–Crippen MR) is 131 cm³/mol. The molecule has 0 saturated carbocycles. The van der Waals surface area contributed by atoms with Crippen molar-refractivity contribution < 1.29 is 9.59 Å². The van der Waals surface area contributed by atoms with E-state index in [9.17, 15) is 9.59 Å². The molecular formula is C26H28BrN3O2. The molecule has 0 saturated heterocycles. The van der Waals surface area contributed by atoms with Gasteiger partial charge in [0, 0.05) is 11.0 Å². The lowest BCUT2D eigenvalue weighted by Crippen LogP contribution is -2.48. The van der Waals surface area contributed by atoms with Crippen molar-refractivity contribution in [3.05, 3.63) is 106 Å². The zero-order chi connectivity index (χ0) is 22.8. The highest BCUT2D eigenvalue weighted by molar-refractivity contribution is 9.10. The molecule has 0 aliphatic carbocycles. The second-order valence-corrected chi connectivity index (χ2v) is 8.51. The van der Waals surface area contributed by atoms with E-state index in [1.165, 1.54) is 0 Å². The number of nitrogens with two attached hydrogens (primary N) is 1. The maximum absolute atomic E-state index is 13.4. The lowest BCUT2D eigenvalue weighted by atomic mass is 9.90. The van der Waals surface area contributed by atoms with Crippen LogP contribution in [0.1, 0.15) is 35.4 Å². The van der Waals surface area contributed by atoms with Gasteiger partial charge < -0.3 is 16.4 Å². The van der Waals surface area contributed by atoms with Gasteiger partial charge in [-0.05, 0) is 48.2 Å². The molecule has 3 rings (SSSR count). The highest BCUT2D eigenvalue weighted by Gasteiger charge is 2.27. The maximum Gasteiger partial charge on any atom is 0.242 e. The molecule has 0 aromatic heterocycles. The first-order valence-electron chi connectivity index (χ1n) is 10.7. The van der Waals surface area contributed by atoms with Crippen molar-refractivity contribution in [2.45, 2.75) is 31.3 Å². The average molecular weight is 494 g/mol. The van der Waals surface area contributed by atoms with Gasteiger partial charge in [0.1, 0.15) is 6.04 Å². The first-order chi connectivity index (χ1) is 15.6. The third-order valence-corrected chi connectivity index (χ3v) is 5.77. The van der Waals surface area contributed by atoms with Gasteiger partial charge in [0.25, 0.3) is 0 Å². The third-order valence-electron chi connectivity index (χ3n) is 5.24. The first kappa shape index (κ1) is 23.7. The van der Waals surface area contributed by atoms with Gasteiger partial charge in [0.15, 0.2) is 0 Å². The molecule has 0 bridgehead atoms. The van der Waals surface area contributed by atoms with E-state index in [2.05, 4.69) is 26.6 Å². The summed E-state index contributed by atoms with van der Waals surface area (Å²) >= 11 is 3.41. The molecule has 3 aromatic carbocycles. The Morgan fingerprint density at radius 3 is 1.91 bits per heavy atom. The summed E-state index contributed by atoms with van der Waals surface area (Å²) in [6.45, 7) is 0.842. The molecular weight excluding hydrogens is 466 g/mol. The fourth-order valence-corrected chi connectivity index (χ4v) is 3.81. The van der Waals surface area contributed by atoms with Crippen LogP contribution in [0, 0.1) is 0 Å². The van der Waals surface area contributed by atoms with Gasteiger partial charge in [-0.15, -0.1) is 0 Å². The molecule has 0 heterocycles. The van der Waals surface area contributed by atoms with E-state index in [1.807, 2.05) is 84.9 Å². The maximum atomic E-state index is 13.4. The molecule has 5 nitrogen and oxygen atoms in total. The van der Waals surface area contributed by atoms with E-state index in [1.54, 1.807) is 0 Å². The van der Waals surface area contributed by atoms with Crippen molar-refractivity contribution in [1.82, 2.24) is 10.6 Å². The number of hydrogen-bond acceptors (Lipinski definition) is 3. The number of halogens is 1. The van der Waals surface area contributed by atoms with Crippen molar-refractivity contribution in [3.63, 3.8) is 0 Å². The fraction of sp³-hybridized carbons (Fsp3) is 0.231. The first-order valence-corrected chi connectivity index (χ1v) is 11.5. The van der Waals surface area contributed by atoms with Crippen LogP contribution in [0.15, 0.2) is 89.4 Å². The molecule has 0 aliphatic heterocycles. The van der Waals surface area contributed by atoms with Crippen LogP contribution in [0.3, 0.4) is 0 Å². The van der Waals surface area contributed by atoms with Crippen molar-refractivity contribution >= 4 is 27.7 Å². The lowest BCUT2D eigenvalue weighted by molar-refractivity contribution is -0.129. The number of hydrogen-bond donors (Lipinski definition) is 3. The van der Waals surface area contributed by atoms with Crippen LogP contribution < -0.4 is 16.4 Å². The lowest BCUT2D eigenvalue weighted by Gasteiger charge is -2.23. The second-order valence-electron chi connectivity index (χ2n) is 7.59. The highest BCUT2D eigenvalue weighted by atomic mass is 79.9.